The summed E-state index contributed by atoms with van der Waals surface area (Å²) >= 11 is 0. The Morgan fingerprint density at radius 3 is 1.69 bits per heavy atom. The third-order valence-corrected chi connectivity index (χ3v) is 4.05. The maximum Gasteiger partial charge on any atom is 0.0635 e. The van der Waals surface area contributed by atoms with Crippen LogP contribution in [0.3, 0.4) is 0 Å². The molecule has 0 saturated heterocycles. The van der Waals surface area contributed by atoms with Crippen molar-refractivity contribution in [3.8, 4) is 0 Å². The molecule has 0 amide bonds. The maximum atomic E-state index is 5.55. The van der Waals surface area contributed by atoms with Crippen molar-refractivity contribution in [3.63, 3.8) is 0 Å². The van der Waals surface area contributed by atoms with Gasteiger partial charge in [0.05, 0.1) is 12.7 Å². The number of ether oxygens (including phenoxy) is 1. The highest BCUT2D eigenvalue weighted by atomic mass is 31.1. The largest absolute Gasteiger partial charge is 0.373 e. The molecule has 0 bridgehead atoms. The van der Waals surface area contributed by atoms with E-state index in [9.17, 15) is 0 Å². The average molecular weight is 222 g/mol. The van der Waals surface area contributed by atoms with Crippen LogP contribution in [0.4, 0.5) is 0 Å². The van der Waals surface area contributed by atoms with Crippen molar-refractivity contribution in [1.82, 2.24) is 0 Å². The first-order valence-electron chi connectivity index (χ1n) is 5.41. The van der Waals surface area contributed by atoms with Crippen molar-refractivity contribution < 1.29 is 4.74 Å². The zero-order valence-corrected chi connectivity index (χ0v) is 11.1. The minimum absolute atomic E-state index is 1.01. The summed E-state index contributed by atoms with van der Waals surface area (Å²) in [6, 6.07) is 0. The molecule has 0 aromatic carbocycles. The molecule has 0 rings (SSSR count). The fraction of sp³-hybridized carbons (Fsp3) is 1.00. The topological polar surface area (TPSA) is 9.23 Å². The summed E-state index contributed by atoms with van der Waals surface area (Å²) in [5.74, 6) is 0. The lowest BCUT2D eigenvalue weighted by Gasteiger charge is -2.03. The van der Waals surface area contributed by atoms with E-state index < -0.39 is 0 Å². The van der Waals surface area contributed by atoms with Gasteiger partial charge in [-0.3, -0.25) is 0 Å². The lowest BCUT2D eigenvalue weighted by Crippen LogP contribution is -1.89. The van der Waals surface area contributed by atoms with Gasteiger partial charge in [-0.05, 0) is 25.2 Å². The standard InChI is InChI=1S/C10H24OP2/c1-3-5-7-12-9-11-10-13-8-6-4-2/h12-13H,3-10H2,1-2H3. The molecule has 0 aromatic heterocycles. The Hall–Kier alpha value is 0.820. The predicted molar refractivity (Wildman–Crippen MR) is 67.0 cm³/mol. The van der Waals surface area contributed by atoms with Gasteiger partial charge >= 0.3 is 0 Å². The molecule has 3 heteroatoms. The van der Waals surface area contributed by atoms with E-state index in [0.29, 0.717) is 0 Å². The van der Waals surface area contributed by atoms with E-state index in [1.54, 1.807) is 0 Å². The Balaban J connectivity index is 2.76. The zero-order chi connectivity index (χ0) is 9.78. The van der Waals surface area contributed by atoms with Crippen LogP contribution in [0.5, 0.6) is 0 Å². The Morgan fingerprint density at radius 1 is 0.846 bits per heavy atom. The van der Waals surface area contributed by atoms with E-state index in [4.69, 9.17) is 4.74 Å². The quantitative estimate of drug-likeness (QED) is 0.402. The first kappa shape index (κ1) is 13.8. The third kappa shape index (κ3) is 12.8. The molecule has 0 aliphatic heterocycles. The van der Waals surface area contributed by atoms with Crippen molar-refractivity contribution in [1.29, 1.82) is 0 Å². The molecule has 0 saturated carbocycles. The second kappa shape index (κ2) is 12.8. The van der Waals surface area contributed by atoms with Crippen molar-refractivity contribution >= 4 is 17.2 Å². The van der Waals surface area contributed by atoms with Crippen LogP contribution in [0.15, 0.2) is 0 Å². The van der Waals surface area contributed by atoms with Gasteiger partial charge in [0, 0.05) is 0 Å². The van der Waals surface area contributed by atoms with Crippen molar-refractivity contribution in [2.75, 3.05) is 25.0 Å². The molecule has 1 nitrogen and oxygen atoms in total. The van der Waals surface area contributed by atoms with E-state index in [0.717, 1.165) is 29.9 Å². The number of hydrogen-bond donors (Lipinski definition) is 0. The molecule has 0 spiro atoms. The first-order valence-corrected chi connectivity index (χ1v) is 8.23. The normalized spacial score (nSPS) is 12.5. The lowest BCUT2D eigenvalue weighted by molar-refractivity contribution is 0.236. The Morgan fingerprint density at radius 2 is 1.31 bits per heavy atom. The highest BCUT2D eigenvalue weighted by Crippen LogP contribution is 2.17. The molecule has 0 N–H and O–H groups in total. The number of hydrogen-bond acceptors (Lipinski definition) is 1. The van der Waals surface area contributed by atoms with Gasteiger partial charge in [-0.2, -0.15) is 0 Å². The van der Waals surface area contributed by atoms with E-state index in [1.807, 2.05) is 0 Å². The van der Waals surface area contributed by atoms with Crippen LogP contribution >= 0.6 is 17.2 Å². The molecule has 0 aliphatic carbocycles. The second-order valence-corrected chi connectivity index (χ2v) is 5.78. The molecule has 2 atom stereocenters. The first-order chi connectivity index (χ1) is 6.41. The van der Waals surface area contributed by atoms with E-state index >= 15 is 0 Å². The molecular weight excluding hydrogens is 198 g/mol. The van der Waals surface area contributed by atoms with Crippen LogP contribution in [0, 0.1) is 0 Å². The van der Waals surface area contributed by atoms with Gasteiger partial charge < -0.3 is 4.74 Å². The van der Waals surface area contributed by atoms with Gasteiger partial charge in [0.15, 0.2) is 0 Å². The molecule has 13 heavy (non-hydrogen) atoms. The predicted octanol–water partition coefficient (Wildman–Crippen LogP) is 3.88. The van der Waals surface area contributed by atoms with Crippen molar-refractivity contribution in [3.05, 3.63) is 0 Å². The summed E-state index contributed by atoms with van der Waals surface area (Å²) in [7, 11) is 2.07. The van der Waals surface area contributed by atoms with Crippen molar-refractivity contribution in [2.45, 2.75) is 39.5 Å². The minimum atomic E-state index is 1.01. The van der Waals surface area contributed by atoms with Crippen LogP contribution in [-0.4, -0.2) is 25.0 Å². The average Bonchev–Trinajstić information content (AvgIpc) is 2.16. The van der Waals surface area contributed by atoms with E-state index in [-0.39, 0.29) is 0 Å². The van der Waals surface area contributed by atoms with Gasteiger partial charge in [0.25, 0.3) is 0 Å². The van der Waals surface area contributed by atoms with Crippen LogP contribution in [0.2, 0.25) is 0 Å². The van der Waals surface area contributed by atoms with Crippen LogP contribution in [-0.2, 0) is 4.74 Å². The zero-order valence-electron chi connectivity index (χ0n) is 9.07. The fourth-order valence-electron chi connectivity index (χ4n) is 0.943. The van der Waals surface area contributed by atoms with E-state index in [2.05, 4.69) is 13.8 Å². The summed E-state index contributed by atoms with van der Waals surface area (Å²) < 4.78 is 5.55. The lowest BCUT2D eigenvalue weighted by atomic mass is 10.4. The molecule has 0 aliphatic rings. The molecule has 0 fully saturated rings. The fourth-order valence-corrected chi connectivity index (χ4v) is 3.14. The highest BCUT2D eigenvalue weighted by Gasteiger charge is 1.89. The smallest absolute Gasteiger partial charge is 0.0635 e. The van der Waals surface area contributed by atoms with E-state index in [1.165, 1.54) is 38.0 Å². The van der Waals surface area contributed by atoms with Gasteiger partial charge in [-0.25, -0.2) is 0 Å². The summed E-state index contributed by atoms with van der Waals surface area (Å²) in [6.45, 7) is 4.49. The molecule has 0 aromatic rings. The molecule has 80 valence electrons. The number of unbranched alkanes of at least 4 members (excludes halogenated alkanes) is 2. The third-order valence-electron chi connectivity index (χ3n) is 1.82. The Bertz CT molecular complexity index is 79.0. The Labute approximate surface area is 87.0 Å². The summed E-state index contributed by atoms with van der Waals surface area (Å²) in [4.78, 5) is 0. The van der Waals surface area contributed by atoms with Gasteiger partial charge in [0.1, 0.15) is 0 Å². The summed E-state index contributed by atoms with van der Waals surface area (Å²) in [5, 5.41) is 0. The molecule has 0 heterocycles. The summed E-state index contributed by atoms with van der Waals surface area (Å²) in [5.41, 5.74) is 0. The Kier molecular flexibility index (Phi) is 13.6. The molecule has 2 unspecified atom stereocenters. The van der Waals surface area contributed by atoms with Gasteiger partial charge in [-0.15, -0.1) is 0 Å². The minimum Gasteiger partial charge on any atom is -0.373 e. The van der Waals surface area contributed by atoms with Gasteiger partial charge in [0.2, 0.25) is 0 Å². The van der Waals surface area contributed by atoms with Gasteiger partial charge in [-0.1, -0.05) is 43.9 Å². The van der Waals surface area contributed by atoms with Crippen LogP contribution in [0.25, 0.3) is 0 Å². The summed E-state index contributed by atoms with van der Waals surface area (Å²) in [6.07, 6.45) is 10.2. The SMILES string of the molecule is CCCCPCOCPCCCC. The van der Waals surface area contributed by atoms with Crippen LogP contribution in [0.1, 0.15) is 39.5 Å². The maximum absolute atomic E-state index is 5.55. The second-order valence-electron chi connectivity index (χ2n) is 3.20. The molecular formula is C10H24OP2. The highest BCUT2D eigenvalue weighted by molar-refractivity contribution is 7.38. The number of rotatable bonds is 10. The van der Waals surface area contributed by atoms with Crippen LogP contribution < -0.4 is 0 Å². The molecule has 0 radical (unpaired) electrons. The monoisotopic (exact) mass is 222 g/mol. The van der Waals surface area contributed by atoms with Crippen molar-refractivity contribution in [2.24, 2.45) is 0 Å².